The summed E-state index contributed by atoms with van der Waals surface area (Å²) in [6.45, 7) is 0.191. The summed E-state index contributed by atoms with van der Waals surface area (Å²) in [5, 5.41) is -0.0482. The highest BCUT2D eigenvalue weighted by Gasteiger charge is 2.37. The molecular formula is C12H13ClFNO4S. The smallest absolute Gasteiger partial charge is 0.310 e. The monoisotopic (exact) mass is 321 g/mol. The van der Waals surface area contributed by atoms with Gasteiger partial charge >= 0.3 is 5.97 Å². The third-order valence-electron chi connectivity index (χ3n) is 3.20. The number of sulfonamides is 1. The van der Waals surface area contributed by atoms with Gasteiger partial charge in [0.15, 0.2) is 0 Å². The van der Waals surface area contributed by atoms with Gasteiger partial charge in [-0.05, 0) is 24.6 Å². The molecule has 5 nitrogen and oxygen atoms in total. The molecule has 0 amide bonds. The normalized spacial score (nSPS) is 20.1. The molecule has 0 aliphatic carbocycles. The van der Waals surface area contributed by atoms with E-state index in [0.717, 1.165) is 16.4 Å². The van der Waals surface area contributed by atoms with E-state index in [1.165, 1.54) is 13.2 Å². The Labute approximate surface area is 121 Å². The third kappa shape index (κ3) is 2.79. The van der Waals surface area contributed by atoms with Gasteiger partial charge in [0.1, 0.15) is 10.7 Å². The number of benzene rings is 1. The van der Waals surface area contributed by atoms with E-state index >= 15 is 0 Å². The topological polar surface area (TPSA) is 63.7 Å². The molecule has 20 heavy (non-hydrogen) atoms. The van der Waals surface area contributed by atoms with Crippen LogP contribution >= 0.6 is 11.6 Å². The van der Waals surface area contributed by atoms with Crippen LogP contribution in [0.5, 0.6) is 0 Å². The molecule has 2 rings (SSSR count). The van der Waals surface area contributed by atoms with Gasteiger partial charge in [-0.1, -0.05) is 11.6 Å². The number of rotatable bonds is 3. The molecule has 8 heteroatoms. The number of ether oxygens (including phenoxy) is 1. The van der Waals surface area contributed by atoms with Crippen LogP contribution in [-0.4, -0.2) is 38.9 Å². The van der Waals surface area contributed by atoms with Gasteiger partial charge in [-0.15, -0.1) is 0 Å². The predicted molar refractivity (Wildman–Crippen MR) is 70.3 cm³/mol. The molecule has 110 valence electrons. The number of methoxy groups -OCH3 is 1. The molecule has 1 aliphatic rings. The van der Waals surface area contributed by atoms with Crippen LogP contribution in [0, 0.1) is 11.7 Å². The molecule has 1 aromatic carbocycles. The van der Waals surface area contributed by atoms with E-state index in [4.69, 9.17) is 11.6 Å². The lowest BCUT2D eigenvalue weighted by atomic mass is 10.1. The zero-order valence-electron chi connectivity index (χ0n) is 10.7. The van der Waals surface area contributed by atoms with Gasteiger partial charge in [0.2, 0.25) is 10.0 Å². The summed E-state index contributed by atoms with van der Waals surface area (Å²) < 4.78 is 43.7. The number of hydrogen-bond donors (Lipinski definition) is 0. The van der Waals surface area contributed by atoms with Crippen molar-refractivity contribution in [3.05, 3.63) is 29.0 Å². The SMILES string of the molecule is COC(=O)C1CCN(S(=O)(=O)c2cc(F)ccc2Cl)C1. The van der Waals surface area contributed by atoms with Gasteiger partial charge < -0.3 is 4.74 Å². The van der Waals surface area contributed by atoms with Crippen LogP contribution in [0.4, 0.5) is 4.39 Å². The van der Waals surface area contributed by atoms with Gasteiger partial charge in [0.05, 0.1) is 18.1 Å². The number of carbonyl (C=O) groups excluding carboxylic acids is 1. The summed E-state index contributed by atoms with van der Waals surface area (Å²) in [5.41, 5.74) is 0. The molecule has 1 aliphatic heterocycles. The second-order valence-corrected chi connectivity index (χ2v) is 6.76. The van der Waals surface area contributed by atoms with Gasteiger partial charge in [-0.3, -0.25) is 4.79 Å². The van der Waals surface area contributed by atoms with Crippen molar-refractivity contribution in [2.75, 3.05) is 20.2 Å². The van der Waals surface area contributed by atoms with Crippen LogP contribution in [0.25, 0.3) is 0 Å². The number of nitrogens with zero attached hydrogens (tertiary/aromatic N) is 1. The van der Waals surface area contributed by atoms with Crippen LogP contribution in [0.3, 0.4) is 0 Å². The fraction of sp³-hybridized carbons (Fsp3) is 0.417. The van der Waals surface area contributed by atoms with Crippen molar-refractivity contribution in [3.63, 3.8) is 0 Å². The maximum absolute atomic E-state index is 13.2. The number of carbonyl (C=O) groups is 1. The molecule has 1 unspecified atom stereocenters. The standard InChI is InChI=1S/C12H13ClFNO4S/c1-19-12(16)8-4-5-15(7-8)20(17,18)11-6-9(14)2-3-10(11)13/h2-3,6,8H,4-5,7H2,1H3. The highest BCUT2D eigenvalue weighted by molar-refractivity contribution is 7.89. The van der Waals surface area contributed by atoms with Crippen molar-refractivity contribution in [3.8, 4) is 0 Å². The summed E-state index contributed by atoms with van der Waals surface area (Å²) in [5.74, 6) is -1.63. The molecule has 0 aromatic heterocycles. The number of esters is 1. The minimum atomic E-state index is -3.91. The molecule has 0 bridgehead atoms. The van der Waals surface area contributed by atoms with Crippen LogP contribution in [0.2, 0.25) is 5.02 Å². The van der Waals surface area contributed by atoms with E-state index in [-0.39, 0.29) is 23.0 Å². The Morgan fingerprint density at radius 2 is 2.20 bits per heavy atom. The van der Waals surface area contributed by atoms with Crippen LogP contribution in [0.1, 0.15) is 6.42 Å². The molecular weight excluding hydrogens is 309 g/mol. The molecule has 1 saturated heterocycles. The van der Waals surface area contributed by atoms with Crippen molar-refractivity contribution in [1.29, 1.82) is 0 Å². The molecule has 0 radical (unpaired) electrons. The first-order valence-corrected chi connectivity index (χ1v) is 7.71. The summed E-state index contributed by atoms with van der Waals surface area (Å²) in [7, 11) is -2.66. The summed E-state index contributed by atoms with van der Waals surface area (Å²) in [6.07, 6.45) is 0.374. The van der Waals surface area contributed by atoms with Crippen molar-refractivity contribution in [2.24, 2.45) is 5.92 Å². The number of hydrogen-bond acceptors (Lipinski definition) is 4. The molecule has 1 atom stereocenters. The van der Waals surface area contributed by atoms with Crippen molar-refractivity contribution in [2.45, 2.75) is 11.3 Å². The minimum Gasteiger partial charge on any atom is -0.469 e. The zero-order valence-corrected chi connectivity index (χ0v) is 12.2. The highest BCUT2D eigenvalue weighted by Crippen LogP contribution is 2.29. The summed E-state index contributed by atoms with van der Waals surface area (Å²) in [4.78, 5) is 11.1. The van der Waals surface area contributed by atoms with Crippen LogP contribution < -0.4 is 0 Å². The van der Waals surface area contributed by atoms with E-state index in [0.29, 0.717) is 6.42 Å². The lowest BCUT2D eigenvalue weighted by Crippen LogP contribution is -2.30. The Morgan fingerprint density at radius 3 is 2.85 bits per heavy atom. The van der Waals surface area contributed by atoms with Gasteiger partial charge in [0.25, 0.3) is 0 Å². The molecule has 0 saturated carbocycles. The second-order valence-electron chi connectivity index (χ2n) is 4.45. The summed E-state index contributed by atoms with van der Waals surface area (Å²) in [6, 6.07) is 3.16. The Bertz CT molecular complexity index is 634. The Kier molecular flexibility index (Phi) is 4.31. The van der Waals surface area contributed by atoms with E-state index in [1.807, 2.05) is 0 Å². The van der Waals surface area contributed by atoms with Crippen LogP contribution in [0.15, 0.2) is 23.1 Å². The largest absolute Gasteiger partial charge is 0.469 e. The first-order valence-electron chi connectivity index (χ1n) is 5.89. The molecule has 1 fully saturated rings. The molecule has 1 heterocycles. The average molecular weight is 322 g/mol. The first kappa shape index (κ1) is 15.2. The van der Waals surface area contributed by atoms with E-state index < -0.39 is 27.7 Å². The lowest BCUT2D eigenvalue weighted by Gasteiger charge is -2.17. The van der Waals surface area contributed by atoms with E-state index in [1.54, 1.807) is 0 Å². The fourth-order valence-corrected chi connectivity index (χ4v) is 4.11. The van der Waals surface area contributed by atoms with Gasteiger partial charge in [0, 0.05) is 13.1 Å². The number of halogens is 2. The van der Waals surface area contributed by atoms with Crippen molar-refractivity contribution in [1.82, 2.24) is 4.31 Å². The van der Waals surface area contributed by atoms with Crippen molar-refractivity contribution >= 4 is 27.6 Å². The quantitative estimate of drug-likeness (QED) is 0.794. The predicted octanol–water partition coefficient (Wildman–Crippen LogP) is 1.66. The second kappa shape index (κ2) is 5.67. The maximum Gasteiger partial charge on any atom is 0.310 e. The fourth-order valence-electron chi connectivity index (χ4n) is 2.12. The first-order chi connectivity index (χ1) is 9.36. The maximum atomic E-state index is 13.2. The lowest BCUT2D eigenvalue weighted by molar-refractivity contribution is -0.144. The average Bonchev–Trinajstić information content (AvgIpc) is 2.91. The Balaban J connectivity index is 2.28. The molecule has 0 N–H and O–H groups in total. The molecule has 1 aromatic rings. The van der Waals surface area contributed by atoms with Crippen molar-refractivity contribution < 1.29 is 22.3 Å². The Hall–Kier alpha value is -1.18. The molecule has 0 spiro atoms. The van der Waals surface area contributed by atoms with E-state index in [9.17, 15) is 17.6 Å². The highest BCUT2D eigenvalue weighted by atomic mass is 35.5. The van der Waals surface area contributed by atoms with E-state index in [2.05, 4.69) is 4.74 Å². The van der Waals surface area contributed by atoms with Crippen LogP contribution in [-0.2, 0) is 19.6 Å². The Morgan fingerprint density at radius 1 is 1.50 bits per heavy atom. The third-order valence-corrected chi connectivity index (χ3v) is 5.54. The summed E-state index contributed by atoms with van der Waals surface area (Å²) >= 11 is 5.82. The minimum absolute atomic E-state index is 0.0157. The van der Waals surface area contributed by atoms with Gasteiger partial charge in [-0.25, -0.2) is 12.8 Å². The zero-order chi connectivity index (χ0) is 14.9. The van der Waals surface area contributed by atoms with Gasteiger partial charge in [-0.2, -0.15) is 4.31 Å².